The molecule has 2 aromatic heterocycles. The van der Waals surface area contributed by atoms with Crippen LogP contribution in [-0.2, 0) is 20.1 Å². The van der Waals surface area contributed by atoms with Gasteiger partial charge in [0.15, 0.2) is 0 Å². The minimum Gasteiger partial charge on any atom is -0.305 e. The standard InChI is InChI=1S/C19H25NSi.C19H24NSi.3CH4.Ir.H2/c2*1-21(2,3)19-14-20-18(16-11-5-4-6-12-16)13-17(19)15-9-7-8-10-15;;;;;/h4-6,11-15H,7-10H2,1-3H3;4-6,11,13-15H,7-10H2,1-3H3;3*1H4;;1H/q;-1;;;;;/i;;;;;;1+1. The molecule has 2 aliphatic rings. The van der Waals surface area contributed by atoms with E-state index in [9.17, 15) is 0 Å². The first kappa shape index (κ1) is 41.8. The average molecular weight is 833 g/mol. The molecular formula is C41H63IrN2Si2-. The van der Waals surface area contributed by atoms with Crippen LogP contribution in [0.3, 0.4) is 0 Å². The van der Waals surface area contributed by atoms with Gasteiger partial charge in [-0.25, -0.2) is 0 Å². The molecule has 0 aliphatic heterocycles. The van der Waals surface area contributed by atoms with Gasteiger partial charge in [-0.1, -0.05) is 129 Å². The summed E-state index contributed by atoms with van der Waals surface area (Å²) in [6, 6.07) is 26.8. The first-order valence-corrected chi connectivity index (χ1v) is 23.1. The van der Waals surface area contributed by atoms with E-state index in [4.69, 9.17) is 9.97 Å². The van der Waals surface area contributed by atoms with E-state index in [1.165, 1.54) is 56.9 Å². The average Bonchev–Trinajstić information content (AvgIpc) is 3.72. The molecule has 0 amide bonds. The predicted molar refractivity (Wildman–Crippen MR) is 209 cm³/mol. The van der Waals surface area contributed by atoms with Crippen LogP contribution in [0.25, 0.3) is 22.5 Å². The summed E-state index contributed by atoms with van der Waals surface area (Å²) in [5.41, 5.74) is 7.74. The Hall–Kier alpha value is -2.18. The minimum absolute atomic E-state index is 0. The molecule has 2 nitrogen and oxygen atoms in total. The van der Waals surface area contributed by atoms with Crippen molar-refractivity contribution in [3.63, 3.8) is 0 Å². The van der Waals surface area contributed by atoms with E-state index in [1.807, 2.05) is 12.1 Å². The van der Waals surface area contributed by atoms with Crippen molar-refractivity contribution in [2.24, 2.45) is 0 Å². The fourth-order valence-corrected chi connectivity index (χ4v) is 10.00. The smallest absolute Gasteiger partial charge is 0.0799 e. The molecule has 2 saturated carbocycles. The summed E-state index contributed by atoms with van der Waals surface area (Å²) in [5.74, 6) is 1.51. The Bertz CT molecular complexity index is 1340. The van der Waals surface area contributed by atoms with Crippen LogP contribution in [0.2, 0.25) is 39.3 Å². The van der Waals surface area contributed by atoms with E-state index in [-0.39, 0.29) is 43.8 Å². The molecule has 2 aliphatic carbocycles. The molecule has 2 aromatic carbocycles. The van der Waals surface area contributed by atoms with E-state index in [2.05, 4.69) is 112 Å². The Labute approximate surface area is 300 Å². The van der Waals surface area contributed by atoms with Crippen molar-refractivity contribution in [2.75, 3.05) is 0 Å². The predicted octanol–water partition coefficient (Wildman–Crippen LogP) is 11.9. The molecular weight excluding hydrogens is 769 g/mol. The zero-order valence-corrected chi connectivity index (χ0v) is 31.4. The minimum atomic E-state index is -1.34. The third kappa shape index (κ3) is 10.4. The third-order valence-electron chi connectivity index (χ3n) is 9.13. The molecule has 0 unspecified atom stereocenters. The van der Waals surface area contributed by atoms with E-state index >= 15 is 0 Å². The maximum atomic E-state index is 4.78. The van der Waals surface area contributed by atoms with E-state index in [0.29, 0.717) is 0 Å². The van der Waals surface area contributed by atoms with Crippen LogP contribution in [0.4, 0.5) is 0 Å². The van der Waals surface area contributed by atoms with Gasteiger partial charge in [0.25, 0.3) is 0 Å². The van der Waals surface area contributed by atoms with E-state index < -0.39 is 16.1 Å². The second kappa shape index (κ2) is 18.4. The molecule has 0 N–H and O–H groups in total. The summed E-state index contributed by atoms with van der Waals surface area (Å²) in [4.78, 5) is 9.53. The number of rotatable bonds is 6. The SMILES string of the molecule is C.C.C.C[Si](C)(C)c1cnc(-c2[c-]cccc2)cc1C1CCCC1.C[Si](C)(C)c1cnc(-c2ccccc2)cc1C1CCCC1.[2HH].[Ir]. The maximum absolute atomic E-state index is 4.78. The second-order valence-corrected chi connectivity index (χ2v) is 24.5. The van der Waals surface area contributed by atoms with Gasteiger partial charge in [0.05, 0.1) is 21.8 Å². The van der Waals surface area contributed by atoms with Gasteiger partial charge in [-0.3, -0.25) is 4.98 Å². The van der Waals surface area contributed by atoms with Gasteiger partial charge >= 0.3 is 0 Å². The molecule has 46 heavy (non-hydrogen) atoms. The molecule has 0 saturated heterocycles. The van der Waals surface area contributed by atoms with E-state index in [0.717, 1.165) is 28.8 Å². The van der Waals surface area contributed by atoms with Crippen LogP contribution in [0.5, 0.6) is 0 Å². The summed E-state index contributed by atoms with van der Waals surface area (Å²) >= 11 is 0. The summed E-state index contributed by atoms with van der Waals surface area (Å²) in [5, 5.41) is 3.11. The molecule has 6 rings (SSSR count). The van der Waals surface area contributed by atoms with Gasteiger partial charge in [0.2, 0.25) is 0 Å². The zero-order valence-electron chi connectivity index (χ0n) is 27.0. The Morgan fingerprint density at radius 1 is 0.609 bits per heavy atom. The Morgan fingerprint density at radius 2 is 1.04 bits per heavy atom. The molecule has 0 spiro atoms. The van der Waals surface area contributed by atoms with Crippen molar-refractivity contribution >= 4 is 26.5 Å². The van der Waals surface area contributed by atoms with Crippen molar-refractivity contribution in [1.82, 2.24) is 9.97 Å². The zero-order chi connectivity index (χ0) is 29.7. The maximum Gasteiger partial charge on any atom is 0.0799 e. The Kier molecular flexibility index (Phi) is 16.7. The topological polar surface area (TPSA) is 25.8 Å². The largest absolute Gasteiger partial charge is 0.305 e. The van der Waals surface area contributed by atoms with Gasteiger partial charge in [0, 0.05) is 39.5 Å². The normalized spacial score (nSPS) is 14.9. The van der Waals surface area contributed by atoms with Crippen molar-refractivity contribution in [3.05, 3.63) is 96.3 Å². The molecule has 255 valence electrons. The van der Waals surface area contributed by atoms with Gasteiger partial charge in [-0.15, -0.1) is 35.9 Å². The van der Waals surface area contributed by atoms with Gasteiger partial charge in [-0.05, 0) is 65.2 Å². The Balaban J connectivity index is 0.000000814. The fourth-order valence-electron chi connectivity index (χ4n) is 6.81. The van der Waals surface area contributed by atoms with Crippen LogP contribution in [0.1, 0.15) is 98.0 Å². The van der Waals surface area contributed by atoms with E-state index in [1.54, 1.807) is 21.5 Å². The third-order valence-corrected chi connectivity index (χ3v) is 13.2. The molecule has 5 heteroatoms. The van der Waals surface area contributed by atoms with Crippen LogP contribution in [-0.4, -0.2) is 26.1 Å². The van der Waals surface area contributed by atoms with Gasteiger partial charge in [-0.2, -0.15) is 0 Å². The van der Waals surface area contributed by atoms with Gasteiger partial charge < -0.3 is 4.98 Å². The van der Waals surface area contributed by atoms with Crippen LogP contribution in [0, 0.1) is 6.07 Å². The van der Waals surface area contributed by atoms with Crippen molar-refractivity contribution in [3.8, 4) is 22.5 Å². The van der Waals surface area contributed by atoms with Crippen molar-refractivity contribution in [1.29, 1.82) is 0 Å². The van der Waals surface area contributed by atoms with Crippen LogP contribution in [0.15, 0.2) is 79.1 Å². The number of hydrogen-bond donors (Lipinski definition) is 0. The number of hydrogen-bond acceptors (Lipinski definition) is 2. The second-order valence-electron chi connectivity index (χ2n) is 14.4. The van der Waals surface area contributed by atoms with Crippen molar-refractivity contribution in [2.45, 2.75) is 125 Å². The summed E-state index contributed by atoms with van der Waals surface area (Å²) in [7, 11) is -2.67. The summed E-state index contributed by atoms with van der Waals surface area (Å²) in [6.07, 6.45) is 15.3. The van der Waals surface area contributed by atoms with Crippen LogP contribution >= 0.6 is 0 Å². The number of aromatic nitrogens is 2. The van der Waals surface area contributed by atoms with Crippen LogP contribution < -0.4 is 10.4 Å². The quantitative estimate of drug-likeness (QED) is 0.143. The monoisotopic (exact) mass is 833 g/mol. The molecule has 2 heterocycles. The number of pyridine rings is 2. The summed E-state index contributed by atoms with van der Waals surface area (Å²) < 4.78 is 0. The Morgan fingerprint density at radius 3 is 1.48 bits per heavy atom. The molecule has 0 bridgehead atoms. The molecule has 2 fully saturated rings. The summed E-state index contributed by atoms with van der Waals surface area (Å²) in [6.45, 7) is 14.6. The molecule has 4 aromatic rings. The molecule has 0 atom stereocenters. The van der Waals surface area contributed by atoms with Crippen molar-refractivity contribution < 1.29 is 21.5 Å². The fraction of sp³-hybridized carbons (Fsp3) is 0.463. The van der Waals surface area contributed by atoms with Gasteiger partial charge in [0.1, 0.15) is 0 Å². The first-order chi connectivity index (χ1) is 20.1. The number of benzene rings is 2. The molecule has 1 radical (unpaired) electrons. The first-order valence-electron chi connectivity index (χ1n) is 16.1. The number of nitrogens with zero attached hydrogens (tertiary/aromatic N) is 2.